The quantitative estimate of drug-likeness (QED) is 0.382. The van der Waals surface area contributed by atoms with E-state index in [1.165, 1.54) is 6.07 Å². The minimum Gasteiger partial charge on any atom is -0.465 e. The van der Waals surface area contributed by atoms with Gasteiger partial charge in [0.1, 0.15) is 4.90 Å². The van der Waals surface area contributed by atoms with E-state index in [9.17, 15) is 28.4 Å². The number of aliphatic hydroxyl groups excluding tert-OH is 1. The first kappa shape index (κ1) is 20.2. The maximum Gasteiger partial charge on any atom is 0.346 e. The lowest BCUT2D eigenvalue weighted by molar-refractivity contribution is -0.385. The van der Waals surface area contributed by atoms with E-state index in [-0.39, 0.29) is 12.6 Å². The number of nitro benzene ring substituents is 1. The minimum atomic E-state index is -4.14. The van der Waals surface area contributed by atoms with Gasteiger partial charge in [0.2, 0.25) is 10.0 Å². The smallest absolute Gasteiger partial charge is 0.346 e. The molecular formula is C15H21N3O7S. The van der Waals surface area contributed by atoms with Crippen molar-refractivity contribution in [3.8, 4) is 0 Å². The molecule has 1 aromatic rings. The number of ether oxygens (including phenoxy) is 1. The molecule has 0 bridgehead atoms. The molecule has 144 valence electrons. The second-order valence-electron chi connectivity index (χ2n) is 5.87. The van der Waals surface area contributed by atoms with Crippen LogP contribution in [0.25, 0.3) is 0 Å². The Balaban J connectivity index is 2.16. The van der Waals surface area contributed by atoms with Gasteiger partial charge >= 0.3 is 5.97 Å². The number of piperidine rings is 1. The van der Waals surface area contributed by atoms with Crippen LogP contribution in [0, 0.1) is 10.1 Å². The number of methoxy groups -OCH3 is 1. The average Bonchev–Trinajstić information content (AvgIpc) is 2.62. The number of hydrogen-bond donors (Lipinski definition) is 2. The number of aliphatic hydroxyl groups is 1. The van der Waals surface area contributed by atoms with Gasteiger partial charge in [-0.1, -0.05) is 6.07 Å². The first-order valence-corrected chi connectivity index (χ1v) is 9.50. The second kappa shape index (κ2) is 8.54. The third-order valence-corrected chi connectivity index (χ3v) is 5.66. The molecule has 0 saturated carbocycles. The van der Waals surface area contributed by atoms with Gasteiger partial charge in [0, 0.05) is 32.2 Å². The number of sulfonamides is 1. The van der Waals surface area contributed by atoms with Gasteiger partial charge in [-0.15, -0.1) is 0 Å². The summed E-state index contributed by atoms with van der Waals surface area (Å²) in [4.78, 5) is 23.7. The fourth-order valence-corrected chi connectivity index (χ4v) is 3.99. The van der Waals surface area contributed by atoms with E-state index < -0.39 is 37.1 Å². The van der Waals surface area contributed by atoms with Gasteiger partial charge in [-0.3, -0.25) is 10.1 Å². The second-order valence-corrected chi connectivity index (χ2v) is 7.60. The molecule has 1 heterocycles. The van der Waals surface area contributed by atoms with E-state index in [0.29, 0.717) is 32.5 Å². The first-order chi connectivity index (χ1) is 12.3. The molecule has 2 N–H and O–H groups in total. The molecule has 1 aromatic carbocycles. The summed E-state index contributed by atoms with van der Waals surface area (Å²) in [7, 11) is -3.12. The number of nitrogens with zero attached hydrogens (tertiary/aromatic N) is 2. The maximum atomic E-state index is 12.5. The predicted octanol–water partition coefficient (Wildman–Crippen LogP) is 0.116. The molecule has 0 aromatic heterocycles. The largest absolute Gasteiger partial charge is 0.465 e. The first-order valence-electron chi connectivity index (χ1n) is 8.02. The van der Waals surface area contributed by atoms with Crippen LogP contribution in [0.5, 0.6) is 0 Å². The Hall–Kier alpha value is -2.08. The molecule has 0 radical (unpaired) electrons. The number of benzene rings is 1. The molecule has 1 aliphatic rings. The highest BCUT2D eigenvalue weighted by molar-refractivity contribution is 7.89. The van der Waals surface area contributed by atoms with Gasteiger partial charge < -0.3 is 14.7 Å². The summed E-state index contributed by atoms with van der Waals surface area (Å²) in [5, 5.41) is 20.6. The summed E-state index contributed by atoms with van der Waals surface area (Å²) in [6.07, 6.45) is 0.934. The number of carbonyl (C=O) groups is 1. The summed E-state index contributed by atoms with van der Waals surface area (Å²) in [5.74, 6) is -1.09. The van der Waals surface area contributed by atoms with Crippen molar-refractivity contribution in [2.45, 2.75) is 23.8 Å². The fourth-order valence-electron chi connectivity index (χ4n) is 2.76. The molecule has 11 heteroatoms. The molecular weight excluding hydrogens is 366 g/mol. The van der Waals surface area contributed by atoms with Crippen LogP contribution in [-0.2, 0) is 14.8 Å². The van der Waals surface area contributed by atoms with Crippen molar-refractivity contribution in [3.63, 3.8) is 0 Å². The zero-order valence-electron chi connectivity index (χ0n) is 14.3. The zero-order valence-corrected chi connectivity index (χ0v) is 15.1. The topological polar surface area (TPSA) is 139 Å². The van der Waals surface area contributed by atoms with Gasteiger partial charge in [-0.2, -0.15) is 0 Å². The molecule has 0 atom stereocenters. The molecule has 0 unspecified atom stereocenters. The van der Waals surface area contributed by atoms with Gasteiger partial charge in [-0.05, 0) is 18.9 Å². The van der Waals surface area contributed by atoms with Crippen molar-refractivity contribution in [1.29, 1.82) is 0 Å². The van der Waals surface area contributed by atoms with Crippen LogP contribution >= 0.6 is 0 Å². The molecule has 0 amide bonds. The van der Waals surface area contributed by atoms with Crippen molar-refractivity contribution in [2.24, 2.45) is 0 Å². The average molecular weight is 387 g/mol. The lowest BCUT2D eigenvalue weighted by Gasteiger charge is -2.29. The third kappa shape index (κ3) is 4.75. The highest BCUT2D eigenvalue weighted by atomic mass is 32.2. The summed E-state index contributed by atoms with van der Waals surface area (Å²) >= 11 is 0. The van der Waals surface area contributed by atoms with E-state index in [2.05, 4.69) is 9.46 Å². The molecule has 2 rings (SSSR count). The SMILES string of the molecule is COC(=O)c1c([N+](=O)[O-])cccc1S(=O)(=O)NCCN1CCC(O)CC1. The standard InChI is InChI=1S/C15H21N3O7S/c1-25-15(20)14-12(18(21)22)3-2-4-13(14)26(23,24)16-7-10-17-8-5-11(19)6-9-17/h2-4,11,16,19H,5-10H2,1H3. The highest BCUT2D eigenvalue weighted by Crippen LogP contribution is 2.26. The maximum absolute atomic E-state index is 12.5. The van der Waals surface area contributed by atoms with Crippen LogP contribution in [0.15, 0.2) is 23.1 Å². The van der Waals surface area contributed by atoms with Crippen molar-refractivity contribution in [1.82, 2.24) is 9.62 Å². The number of nitrogens with one attached hydrogen (secondary N) is 1. The molecule has 0 spiro atoms. The van der Waals surface area contributed by atoms with Crippen LogP contribution in [-0.4, -0.2) is 68.7 Å². The normalized spacial score (nSPS) is 16.4. The molecule has 0 aliphatic carbocycles. The Bertz CT molecular complexity index is 773. The Labute approximate surface area is 151 Å². The van der Waals surface area contributed by atoms with Gasteiger partial charge in [0.15, 0.2) is 5.56 Å². The number of nitro groups is 1. The lowest BCUT2D eigenvalue weighted by atomic mass is 10.1. The van der Waals surface area contributed by atoms with Crippen molar-refractivity contribution < 1.29 is 28.0 Å². The number of esters is 1. The molecule has 1 fully saturated rings. The molecule has 26 heavy (non-hydrogen) atoms. The summed E-state index contributed by atoms with van der Waals surface area (Å²) in [6, 6.07) is 3.37. The van der Waals surface area contributed by atoms with Crippen LogP contribution in [0.2, 0.25) is 0 Å². The predicted molar refractivity (Wildman–Crippen MR) is 91.3 cm³/mol. The Kier molecular flexibility index (Phi) is 6.64. The zero-order chi connectivity index (χ0) is 19.3. The van der Waals surface area contributed by atoms with Gasteiger partial charge in [0.05, 0.1) is 18.1 Å². The molecule has 1 saturated heterocycles. The number of rotatable bonds is 7. The Morgan fingerprint density at radius 1 is 1.42 bits per heavy atom. The van der Waals surface area contributed by atoms with E-state index >= 15 is 0 Å². The summed E-state index contributed by atoms with van der Waals surface area (Å²) in [6.45, 7) is 1.82. The van der Waals surface area contributed by atoms with Crippen molar-refractivity contribution in [2.75, 3.05) is 33.3 Å². The number of likely N-dealkylation sites (tertiary alicyclic amines) is 1. The summed E-state index contributed by atoms with van der Waals surface area (Å²) in [5.41, 5.74) is -1.24. The molecule has 1 aliphatic heterocycles. The Morgan fingerprint density at radius 2 is 2.08 bits per heavy atom. The minimum absolute atomic E-state index is 0.0712. The number of hydrogen-bond acceptors (Lipinski definition) is 8. The van der Waals surface area contributed by atoms with Crippen molar-refractivity contribution >= 4 is 21.7 Å². The highest BCUT2D eigenvalue weighted by Gasteiger charge is 2.31. The van der Waals surface area contributed by atoms with Crippen molar-refractivity contribution in [3.05, 3.63) is 33.9 Å². The van der Waals surface area contributed by atoms with Crippen LogP contribution < -0.4 is 4.72 Å². The fraction of sp³-hybridized carbons (Fsp3) is 0.533. The van der Waals surface area contributed by atoms with Crippen LogP contribution in [0.3, 0.4) is 0 Å². The van der Waals surface area contributed by atoms with E-state index in [0.717, 1.165) is 19.2 Å². The van der Waals surface area contributed by atoms with Crippen LogP contribution in [0.1, 0.15) is 23.2 Å². The van der Waals surface area contributed by atoms with Gasteiger partial charge in [-0.25, -0.2) is 17.9 Å². The lowest BCUT2D eigenvalue weighted by Crippen LogP contribution is -2.41. The van der Waals surface area contributed by atoms with E-state index in [1.807, 2.05) is 4.90 Å². The van der Waals surface area contributed by atoms with Crippen LogP contribution in [0.4, 0.5) is 5.69 Å². The van der Waals surface area contributed by atoms with E-state index in [1.54, 1.807) is 0 Å². The Morgan fingerprint density at radius 3 is 2.65 bits per heavy atom. The molecule has 10 nitrogen and oxygen atoms in total. The monoisotopic (exact) mass is 387 g/mol. The summed E-state index contributed by atoms with van der Waals surface area (Å²) < 4.78 is 31.9. The number of carbonyl (C=O) groups excluding carboxylic acids is 1. The third-order valence-electron chi connectivity index (χ3n) is 4.16. The van der Waals surface area contributed by atoms with E-state index in [4.69, 9.17) is 0 Å². The van der Waals surface area contributed by atoms with Gasteiger partial charge in [0.25, 0.3) is 5.69 Å².